The van der Waals surface area contributed by atoms with Crippen LogP contribution in [0, 0.1) is 0 Å². The maximum atomic E-state index is 12.5. The molecule has 0 aliphatic carbocycles. The summed E-state index contributed by atoms with van der Waals surface area (Å²) in [6, 6.07) is -0.290. The van der Waals surface area contributed by atoms with Crippen LogP contribution in [0.5, 0.6) is 0 Å². The Morgan fingerprint density at radius 1 is 1.24 bits per heavy atom. The van der Waals surface area contributed by atoms with E-state index < -0.39 is 15.6 Å². The molecular weight excluding hydrogens is 296 g/mol. The maximum Gasteiger partial charge on any atom is 0.320 e. The highest BCUT2D eigenvalue weighted by Crippen LogP contribution is 2.31. The smallest absolute Gasteiger partial charge is 0.320 e. The van der Waals surface area contributed by atoms with Crippen LogP contribution < -0.4 is 0 Å². The minimum atomic E-state index is -2.98. The first kappa shape index (κ1) is 15.1. The van der Waals surface area contributed by atoms with Gasteiger partial charge in [-0.05, 0) is 6.42 Å². The van der Waals surface area contributed by atoms with Gasteiger partial charge in [-0.1, -0.05) is 0 Å². The molecule has 2 amide bonds. The molecule has 7 nitrogen and oxygen atoms in total. The molecule has 3 fully saturated rings. The van der Waals surface area contributed by atoms with Crippen molar-refractivity contribution in [3.05, 3.63) is 0 Å². The van der Waals surface area contributed by atoms with Crippen molar-refractivity contribution in [3.8, 4) is 0 Å². The molecule has 0 aromatic carbocycles. The Hall–Kier alpha value is -0.860. The fourth-order valence-electron chi connectivity index (χ4n) is 3.28. The summed E-state index contributed by atoms with van der Waals surface area (Å²) in [5.41, 5.74) is 0. The first-order valence-corrected chi connectivity index (χ1v) is 9.23. The van der Waals surface area contributed by atoms with Gasteiger partial charge in [0.2, 0.25) is 0 Å². The minimum absolute atomic E-state index is 0.0826. The third-order valence-corrected chi connectivity index (χ3v) is 6.42. The molecule has 0 saturated carbocycles. The van der Waals surface area contributed by atoms with Crippen LogP contribution in [-0.2, 0) is 19.3 Å². The van der Waals surface area contributed by atoms with Crippen molar-refractivity contribution in [2.45, 2.75) is 31.1 Å². The van der Waals surface area contributed by atoms with Crippen molar-refractivity contribution in [1.82, 2.24) is 9.80 Å². The Labute approximate surface area is 125 Å². The van der Waals surface area contributed by atoms with Crippen LogP contribution in [0.25, 0.3) is 0 Å². The van der Waals surface area contributed by atoms with Crippen LogP contribution in [0.15, 0.2) is 0 Å². The number of carbonyl (C=O) groups is 1. The number of likely N-dealkylation sites (tertiary alicyclic amines) is 1. The summed E-state index contributed by atoms with van der Waals surface area (Å²) >= 11 is 0. The fourth-order valence-corrected chi connectivity index (χ4v) is 5.06. The number of nitrogens with zero attached hydrogens (tertiary/aromatic N) is 2. The monoisotopic (exact) mass is 318 g/mol. The van der Waals surface area contributed by atoms with Gasteiger partial charge in [-0.15, -0.1) is 0 Å². The van der Waals surface area contributed by atoms with E-state index in [4.69, 9.17) is 9.47 Å². The Morgan fingerprint density at radius 2 is 1.86 bits per heavy atom. The number of urea groups is 1. The van der Waals surface area contributed by atoms with E-state index in [1.165, 1.54) is 0 Å². The molecule has 8 heteroatoms. The third-order valence-electron chi connectivity index (χ3n) is 4.67. The topological polar surface area (TPSA) is 76.2 Å². The summed E-state index contributed by atoms with van der Waals surface area (Å²) < 4.78 is 34.3. The molecule has 3 rings (SSSR count). The standard InChI is InChI=1S/C13H22N2O5S/c1-14(11-2-9-21(17,18)10-11)12(16)15-5-3-13(4-6-15)19-7-8-20-13/h11H,2-10H2,1H3. The predicted molar refractivity (Wildman–Crippen MR) is 75.7 cm³/mol. The molecule has 3 aliphatic heterocycles. The first-order chi connectivity index (χ1) is 9.91. The van der Waals surface area contributed by atoms with Gasteiger partial charge in [0.05, 0.1) is 24.7 Å². The van der Waals surface area contributed by atoms with E-state index in [9.17, 15) is 13.2 Å². The highest BCUT2D eigenvalue weighted by Gasteiger charge is 2.42. The molecule has 0 bridgehead atoms. The van der Waals surface area contributed by atoms with Crippen LogP contribution in [0.3, 0.4) is 0 Å². The van der Waals surface area contributed by atoms with Gasteiger partial charge in [-0.25, -0.2) is 13.2 Å². The van der Waals surface area contributed by atoms with E-state index in [-0.39, 0.29) is 23.6 Å². The lowest BCUT2D eigenvalue weighted by molar-refractivity contribution is -0.181. The molecule has 3 heterocycles. The molecule has 21 heavy (non-hydrogen) atoms. The highest BCUT2D eigenvalue weighted by molar-refractivity contribution is 7.91. The molecule has 120 valence electrons. The lowest BCUT2D eigenvalue weighted by atomic mass is 10.0. The van der Waals surface area contributed by atoms with Gasteiger partial charge >= 0.3 is 6.03 Å². The van der Waals surface area contributed by atoms with Crippen molar-refractivity contribution in [1.29, 1.82) is 0 Å². The molecule has 3 saturated heterocycles. The molecule has 1 unspecified atom stereocenters. The highest BCUT2D eigenvalue weighted by atomic mass is 32.2. The summed E-state index contributed by atoms with van der Waals surface area (Å²) in [6.07, 6.45) is 1.89. The Kier molecular flexibility index (Phi) is 3.87. The Balaban J connectivity index is 1.56. The van der Waals surface area contributed by atoms with Crippen molar-refractivity contribution >= 4 is 15.9 Å². The van der Waals surface area contributed by atoms with Crippen molar-refractivity contribution in [2.75, 3.05) is 44.9 Å². The number of rotatable bonds is 1. The SMILES string of the molecule is CN(C(=O)N1CCC2(CC1)OCCO2)C1CCS(=O)(=O)C1. The van der Waals surface area contributed by atoms with E-state index in [0.717, 1.165) is 0 Å². The number of hydrogen-bond acceptors (Lipinski definition) is 5. The van der Waals surface area contributed by atoms with Crippen molar-refractivity contribution in [2.24, 2.45) is 0 Å². The molecule has 1 atom stereocenters. The molecule has 0 aromatic rings. The lowest BCUT2D eigenvalue weighted by Crippen LogP contribution is -2.52. The quantitative estimate of drug-likeness (QED) is 0.683. The van der Waals surface area contributed by atoms with Crippen LogP contribution >= 0.6 is 0 Å². The third kappa shape index (κ3) is 3.02. The average Bonchev–Trinajstić information content (AvgIpc) is 3.05. The summed E-state index contributed by atoms with van der Waals surface area (Å²) in [5, 5.41) is 0. The zero-order chi connectivity index (χ0) is 15.1. The van der Waals surface area contributed by atoms with Crippen molar-refractivity contribution < 1.29 is 22.7 Å². The first-order valence-electron chi connectivity index (χ1n) is 7.41. The van der Waals surface area contributed by atoms with Gasteiger partial charge in [-0.3, -0.25) is 0 Å². The molecular formula is C13H22N2O5S. The second-order valence-electron chi connectivity index (χ2n) is 6.04. The van der Waals surface area contributed by atoms with E-state index >= 15 is 0 Å². The number of ether oxygens (including phenoxy) is 2. The van der Waals surface area contributed by atoms with E-state index in [0.29, 0.717) is 45.6 Å². The molecule has 0 radical (unpaired) electrons. The van der Waals surface area contributed by atoms with Crippen LogP contribution in [0.4, 0.5) is 4.79 Å². The van der Waals surface area contributed by atoms with Crippen LogP contribution in [0.2, 0.25) is 0 Å². The minimum Gasteiger partial charge on any atom is -0.347 e. The van der Waals surface area contributed by atoms with Gasteiger partial charge in [-0.2, -0.15) is 0 Å². The lowest BCUT2D eigenvalue weighted by Gasteiger charge is -2.39. The van der Waals surface area contributed by atoms with Gasteiger partial charge in [0.15, 0.2) is 15.6 Å². The van der Waals surface area contributed by atoms with Gasteiger partial charge in [0.1, 0.15) is 0 Å². The number of piperidine rings is 1. The summed E-state index contributed by atoms with van der Waals surface area (Å²) in [7, 11) is -1.28. The van der Waals surface area contributed by atoms with Gasteiger partial charge in [0, 0.05) is 39.0 Å². The summed E-state index contributed by atoms with van der Waals surface area (Å²) in [6.45, 7) is 2.41. The van der Waals surface area contributed by atoms with Crippen molar-refractivity contribution in [3.63, 3.8) is 0 Å². The number of amides is 2. The van der Waals surface area contributed by atoms with Crippen LogP contribution in [0.1, 0.15) is 19.3 Å². The zero-order valence-electron chi connectivity index (χ0n) is 12.3. The number of hydrogen-bond donors (Lipinski definition) is 0. The van der Waals surface area contributed by atoms with E-state index in [1.54, 1.807) is 16.8 Å². The largest absolute Gasteiger partial charge is 0.347 e. The molecule has 3 aliphatic rings. The van der Waals surface area contributed by atoms with Gasteiger partial charge in [0.25, 0.3) is 0 Å². The normalized spacial score (nSPS) is 30.7. The van der Waals surface area contributed by atoms with Gasteiger partial charge < -0.3 is 19.3 Å². The molecule has 0 N–H and O–H groups in total. The molecule has 0 aromatic heterocycles. The number of sulfone groups is 1. The zero-order valence-corrected chi connectivity index (χ0v) is 13.1. The second kappa shape index (κ2) is 5.40. The average molecular weight is 318 g/mol. The molecule has 1 spiro atoms. The fraction of sp³-hybridized carbons (Fsp3) is 0.923. The van der Waals surface area contributed by atoms with E-state index in [2.05, 4.69) is 0 Å². The van der Waals surface area contributed by atoms with Crippen LogP contribution in [-0.4, -0.2) is 80.9 Å². The number of carbonyl (C=O) groups excluding carboxylic acids is 1. The second-order valence-corrected chi connectivity index (χ2v) is 8.27. The Morgan fingerprint density at radius 3 is 2.38 bits per heavy atom. The Bertz CT molecular complexity index is 505. The summed E-state index contributed by atoms with van der Waals surface area (Å²) in [4.78, 5) is 15.8. The van der Waals surface area contributed by atoms with E-state index in [1.807, 2.05) is 0 Å². The maximum absolute atomic E-state index is 12.5. The summed E-state index contributed by atoms with van der Waals surface area (Å²) in [5.74, 6) is -0.231. The predicted octanol–water partition coefficient (Wildman–Crippen LogP) is 0.0642.